The van der Waals surface area contributed by atoms with E-state index in [-0.39, 0.29) is 6.04 Å². The molecule has 0 saturated carbocycles. The van der Waals surface area contributed by atoms with Crippen molar-refractivity contribution in [2.45, 2.75) is 32.7 Å². The zero-order valence-electron chi connectivity index (χ0n) is 11.8. The average Bonchev–Trinajstić information content (AvgIpc) is 3.12. The van der Waals surface area contributed by atoms with Gasteiger partial charge in [0.05, 0.1) is 12.6 Å². The molecule has 1 aromatic heterocycles. The van der Waals surface area contributed by atoms with E-state index in [1.165, 1.54) is 5.56 Å². The fourth-order valence-corrected chi connectivity index (χ4v) is 2.46. The summed E-state index contributed by atoms with van der Waals surface area (Å²) in [6.07, 6.45) is 1.87. The molecule has 1 atom stereocenters. The topological polar surface area (TPSA) is 60.2 Å². The molecule has 2 heterocycles. The lowest BCUT2D eigenvalue weighted by atomic mass is 10.1. The molecule has 0 fully saturated rings. The maximum atomic E-state index is 5.81. The first kappa shape index (κ1) is 13.1. The summed E-state index contributed by atoms with van der Waals surface area (Å²) in [5.41, 5.74) is 2.17. The van der Waals surface area contributed by atoms with Gasteiger partial charge in [-0.25, -0.2) is 0 Å². The SMILES string of the molecule is CCNC(CC)c1nnc(-c2ccc3c(c2)CCO3)o1. The van der Waals surface area contributed by atoms with Gasteiger partial charge in [0.15, 0.2) is 0 Å². The first-order valence-electron chi connectivity index (χ1n) is 7.14. The Kier molecular flexibility index (Phi) is 3.69. The van der Waals surface area contributed by atoms with E-state index in [9.17, 15) is 0 Å². The van der Waals surface area contributed by atoms with Crippen LogP contribution >= 0.6 is 0 Å². The molecular weight excluding hydrogens is 254 g/mol. The number of ether oxygens (including phenoxy) is 1. The van der Waals surface area contributed by atoms with E-state index in [1.807, 2.05) is 12.1 Å². The molecule has 0 saturated heterocycles. The maximum Gasteiger partial charge on any atom is 0.247 e. The first-order chi connectivity index (χ1) is 9.81. The molecule has 0 spiro atoms. The molecule has 1 unspecified atom stereocenters. The van der Waals surface area contributed by atoms with Gasteiger partial charge >= 0.3 is 0 Å². The molecule has 0 aliphatic carbocycles. The standard InChI is InChI=1S/C15H19N3O2/c1-3-12(16-4-2)15-18-17-14(20-15)11-5-6-13-10(9-11)7-8-19-13/h5-6,9,12,16H,3-4,7-8H2,1-2H3. The van der Waals surface area contributed by atoms with E-state index in [0.717, 1.165) is 37.3 Å². The monoisotopic (exact) mass is 273 g/mol. The normalized spacial score (nSPS) is 14.9. The van der Waals surface area contributed by atoms with Gasteiger partial charge in [0, 0.05) is 12.0 Å². The Morgan fingerprint density at radius 1 is 1.30 bits per heavy atom. The van der Waals surface area contributed by atoms with Crippen LogP contribution in [-0.2, 0) is 6.42 Å². The number of rotatable bonds is 5. The summed E-state index contributed by atoms with van der Waals surface area (Å²) < 4.78 is 11.3. The van der Waals surface area contributed by atoms with Crippen LogP contribution in [0.3, 0.4) is 0 Å². The maximum absolute atomic E-state index is 5.81. The highest BCUT2D eigenvalue weighted by Crippen LogP contribution is 2.30. The van der Waals surface area contributed by atoms with Gasteiger partial charge in [0.2, 0.25) is 11.8 Å². The number of nitrogens with zero attached hydrogens (tertiary/aromatic N) is 2. The van der Waals surface area contributed by atoms with E-state index in [4.69, 9.17) is 9.15 Å². The van der Waals surface area contributed by atoms with Crippen molar-refractivity contribution in [2.24, 2.45) is 0 Å². The molecule has 1 N–H and O–H groups in total. The Hall–Kier alpha value is -1.88. The lowest BCUT2D eigenvalue weighted by molar-refractivity contribution is 0.357. The van der Waals surface area contributed by atoms with Crippen LogP contribution in [0.4, 0.5) is 0 Å². The van der Waals surface area contributed by atoms with Crippen molar-refractivity contribution >= 4 is 0 Å². The molecule has 20 heavy (non-hydrogen) atoms. The van der Waals surface area contributed by atoms with Gasteiger partial charge in [0.1, 0.15) is 5.75 Å². The largest absolute Gasteiger partial charge is 0.493 e. The van der Waals surface area contributed by atoms with Crippen LogP contribution < -0.4 is 10.1 Å². The Morgan fingerprint density at radius 2 is 2.20 bits per heavy atom. The Labute approximate surface area is 118 Å². The molecule has 2 aromatic rings. The third-order valence-corrected chi connectivity index (χ3v) is 3.53. The Balaban J connectivity index is 1.86. The van der Waals surface area contributed by atoms with Gasteiger partial charge in [-0.1, -0.05) is 13.8 Å². The highest BCUT2D eigenvalue weighted by molar-refractivity contribution is 5.57. The van der Waals surface area contributed by atoms with Gasteiger partial charge in [-0.05, 0) is 36.7 Å². The molecule has 0 radical (unpaired) electrons. The van der Waals surface area contributed by atoms with Crippen molar-refractivity contribution in [3.8, 4) is 17.2 Å². The number of benzene rings is 1. The van der Waals surface area contributed by atoms with Crippen LogP contribution in [-0.4, -0.2) is 23.3 Å². The average molecular weight is 273 g/mol. The van der Waals surface area contributed by atoms with Gasteiger partial charge < -0.3 is 14.5 Å². The second kappa shape index (κ2) is 5.63. The van der Waals surface area contributed by atoms with E-state index in [1.54, 1.807) is 0 Å². The number of hydrogen-bond acceptors (Lipinski definition) is 5. The first-order valence-corrected chi connectivity index (χ1v) is 7.14. The summed E-state index contributed by atoms with van der Waals surface area (Å²) in [4.78, 5) is 0. The van der Waals surface area contributed by atoms with Gasteiger partial charge in [-0.3, -0.25) is 0 Å². The third-order valence-electron chi connectivity index (χ3n) is 3.53. The van der Waals surface area contributed by atoms with Crippen LogP contribution in [0.25, 0.3) is 11.5 Å². The summed E-state index contributed by atoms with van der Waals surface area (Å²) >= 11 is 0. The van der Waals surface area contributed by atoms with Crippen LogP contribution in [0.5, 0.6) is 5.75 Å². The molecular formula is C15H19N3O2. The molecule has 1 aromatic carbocycles. The quantitative estimate of drug-likeness (QED) is 0.907. The zero-order valence-corrected chi connectivity index (χ0v) is 11.8. The second-order valence-electron chi connectivity index (χ2n) is 4.88. The highest BCUT2D eigenvalue weighted by Gasteiger charge is 2.18. The Bertz CT molecular complexity index is 595. The van der Waals surface area contributed by atoms with E-state index in [2.05, 4.69) is 35.4 Å². The molecule has 3 rings (SSSR count). The van der Waals surface area contributed by atoms with Gasteiger partial charge in [-0.15, -0.1) is 10.2 Å². The van der Waals surface area contributed by atoms with E-state index >= 15 is 0 Å². The van der Waals surface area contributed by atoms with Crippen LogP contribution in [0, 0.1) is 0 Å². The van der Waals surface area contributed by atoms with Crippen LogP contribution in [0.2, 0.25) is 0 Å². The van der Waals surface area contributed by atoms with E-state index in [0.29, 0.717) is 11.8 Å². The lowest BCUT2D eigenvalue weighted by Crippen LogP contribution is -2.20. The van der Waals surface area contributed by atoms with Gasteiger partial charge in [-0.2, -0.15) is 0 Å². The fourth-order valence-electron chi connectivity index (χ4n) is 2.46. The van der Waals surface area contributed by atoms with Crippen molar-refractivity contribution in [1.29, 1.82) is 0 Å². The predicted octanol–water partition coefficient (Wildman–Crippen LogP) is 2.73. The van der Waals surface area contributed by atoms with Crippen LogP contribution in [0.1, 0.15) is 37.8 Å². The number of nitrogens with one attached hydrogen (secondary N) is 1. The fraction of sp³-hybridized carbons (Fsp3) is 0.467. The lowest BCUT2D eigenvalue weighted by Gasteiger charge is -2.10. The molecule has 0 amide bonds. The van der Waals surface area contributed by atoms with E-state index < -0.39 is 0 Å². The van der Waals surface area contributed by atoms with Crippen LogP contribution in [0.15, 0.2) is 22.6 Å². The molecule has 106 valence electrons. The van der Waals surface area contributed by atoms with Crippen molar-refractivity contribution in [3.63, 3.8) is 0 Å². The smallest absolute Gasteiger partial charge is 0.247 e. The summed E-state index contributed by atoms with van der Waals surface area (Å²) in [5.74, 6) is 2.19. The molecule has 1 aliphatic heterocycles. The Morgan fingerprint density at radius 3 is 3.00 bits per heavy atom. The summed E-state index contributed by atoms with van der Waals surface area (Å²) in [6.45, 7) is 5.81. The second-order valence-corrected chi connectivity index (χ2v) is 4.88. The minimum Gasteiger partial charge on any atom is -0.493 e. The zero-order chi connectivity index (χ0) is 13.9. The summed E-state index contributed by atoms with van der Waals surface area (Å²) in [5, 5.41) is 11.7. The summed E-state index contributed by atoms with van der Waals surface area (Å²) in [6, 6.07) is 6.14. The molecule has 5 heteroatoms. The van der Waals surface area contributed by atoms with Crippen molar-refractivity contribution in [3.05, 3.63) is 29.7 Å². The predicted molar refractivity (Wildman–Crippen MR) is 75.6 cm³/mol. The number of hydrogen-bond donors (Lipinski definition) is 1. The minimum atomic E-state index is 0.124. The molecule has 1 aliphatic rings. The number of aromatic nitrogens is 2. The third kappa shape index (κ3) is 2.41. The molecule has 5 nitrogen and oxygen atoms in total. The minimum absolute atomic E-state index is 0.124. The van der Waals surface area contributed by atoms with Crippen molar-refractivity contribution in [1.82, 2.24) is 15.5 Å². The number of fused-ring (bicyclic) bond motifs is 1. The van der Waals surface area contributed by atoms with Gasteiger partial charge in [0.25, 0.3) is 0 Å². The van der Waals surface area contributed by atoms with Crippen molar-refractivity contribution < 1.29 is 9.15 Å². The highest BCUT2D eigenvalue weighted by atomic mass is 16.5. The van der Waals surface area contributed by atoms with Crippen molar-refractivity contribution in [2.75, 3.05) is 13.2 Å². The summed E-state index contributed by atoms with van der Waals surface area (Å²) in [7, 11) is 0. The molecule has 0 bridgehead atoms.